The summed E-state index contributed by atoms with van der Waals surface area (Å²) in [5, 5.41) is 3.24. The molecule has 0 aliphatic carbocycles. The third-order valence-corrected chi connectivity index (χ3v) is 2.48. The van der Waals surface area contributed by atoms with Gasteiger partial charge in [-0.1, -0.05) is 13.3 Å². The molecule has 0 aliphatic heterocycles. The van der Waals surface area contributed by atoms with E-state index >= 15 is 0 Å². The predicted molar refractivity (Wildman–Crippen MR) is 56.8 cm³/mol. The van der Waals surface area contributed by atoms with E-state index in [1.165, 1.54) is 18.4 Å². The molecule has 2 heteroatoms. The Balaban J connectivity index is 2.53. The highest BCUT2D eigenvalue weighted by molar-refractivity contribution is 5.14. The van der Waals surface area contributed by atoms with Gasteiger partial charge in [-0.15, -0.1) is 0 Å². The van der Waals surface area contributed by atoms with E-state index < -0.39 is 0 Å². The van der Waals surface area contributed by atoms with Crippen molar-refractivity contribution in [2.75, 3.05) is 7.05 Å². The number of aromatic nitrogens is 1. The highest BCUT2D eigenvalue weighted by Crippen LogP contribution is 2.12. The normalized spacial score (nSPS) is 13.2. The zero-order chi connectivity index (χ0) is 9.68. The van der Waals surface area contributed by atoms with E-state index in [9.17, 15) is 0 Å². The van der Waals surface area contributed by atoms with Crippen LogP contribution in [0.5, 0.6) is 0 Å². The molecule has 1 atom stereocenters. The van der Waals surface area contributed by atoms with Crippen LogP contribution >= 0.6 is 0 Å². The second-order valence-electron chi connectivity index (χ2n) is 3.55. The first kappa shape index (κ1) is 10.3. The number of unbranched alkanes of at least 4 members (excludes halogenated alkanes) is 1. The van der Waals surface area contributed by atoms with E-state index in [0.29, 0.717) is 6.04 Å². The molecule has 1 heterocycles. The third kappa shape index (κ3) is 2.88. The Hall–Kier alpha value is -0.760. The van der Waals surface area contributed by atoms with Crippen molar-refractivity contribution in [1.82, 2.24) is 9.88 Å². The second kappa shape index (κ2) is 5.07. The van der Waals surface area contributed by atoms with Crippen LogP contribution in [-0.4, -0.2) is 11.6 Å². The first-order valence-electron chi connectivity index (χ1n) is 5.11. The largest absolute Gasteiger partial charge is 0.354 e. The molecular weight excluding hydrogens is 160 g/mol. The lowest BCUT2D eigenvalue weighted by Gasteiger charge is -2.06. The van der Waals surface area contributed by atoms with Crippen LogP contribution in [0.15, 0.2) is 18.5 Å². The highest BCUT2D eigenvalue weighted by Gasteiger charge is 2.03. The Bertz CT molecular complexity index is 240. The van der Waals surface area contributed by atoms with Crippen molar-refractivity contribution >= 4 is 0 Å². The van der Waals surface area contributed by atoms with E-state index in [0.717, 1.165) is 6.54 Å². The lowest BCUT2D eigenvalue weighted by molar-refractivity contribution is 0.620. The zero-order valence-corrected chi connectivity index (χ0v) is 8.88. The molecule has 0 fully saturated rings. The molecule has 0 saturated heterocycles. The van der Waals surface area contributed by atoms with Gasteiger partial charge in [0, 0.05) is 25.0 Å². The lowest BCUT2D eigenvalue weighted by Crippen LogP contribution is -2.11. The SMILES string of the molecule is CCCCn1ccc([C@H](C)NC)c1. The van der Waals surface area contributed by atoms with Crippen LogP contribution in [0.25, 0.3) is 0 Å². The molecule has 0 spiro atoms. The van der Waals surface area contributed by atoms with Gasteiger partial charge in [-0.05, 0) is 32.0 Å². The van der Waals surface area contributed by atoms with E-state index in [1.807, 2.05) is 7.05 Å². The van der Waals surface area contributed by atoms with E-state index in [4.69, 9.17) is 0 Å². The molecule has 0 unspecified atom stereocenters. The van der Waals surface area contributed by atoms with Gasteiger partial charge < -0.3 is 9.88 Å². The zero-order valence-electron chi connectivity index (χ0n) is 8.88. The third-order valence-electron chi connectivity index (χ3n) is 2.48. The van der Waals surface area contributed by atoms with Gasteiger partial charge in [0.15, 0.2) is 0 Å². The fourth-order valence-corrected chi connectivity index (χ4v) is 1.36. The summed E-state index contributed by atoms with van der Waals surface area (Å²) in [6.07, 6.45) is 6.92. The minimum atomic E-state index is 0.461. The van der Waals surface area contributed by atoms with Crippen molar-refractivity contribution in [3.63, 3.8) is 0 Å². The van der Waals surface area contributed by atoms with Crippen LogP contribution in [0, 0.1) is 0 Å². The molecule has 13 heavy (non-hydrogen) atoms. The highest BCUT2D eigenvalue weighted by atomic mass is 14.9. The number of nitrogens with zero attached hydrogens (tertiary/aromatic N) is 1. The van der Waals surface area contributed by atoms with Crippen molar-refractivity contribution in [3.05, 3.63) is 24.0 Å². The number of aryl methyl sites for hydroxylation is 1. The molecule has 0 saturated carbocycles. The molecule has 0 bridgehead atoms. The summed E-state index contributed by atoms with van der Waals surface area (Å²) < 4.78 is 2.27. The van der Waals surface area contributed by atoms with Crippen LogP contribution < -0.4 is 5.32 Å². The maximum atomic E-state index is 3.24. The number of hydrogen-bond acceptors (Lipinski definition) is 1. The van der Waals surface area contributed by atoms with Gasteiger partial charge >= 0.3 is 0 Å². The average Bonchev–Trinajstić information content (AvgIpc) is 2.62. The van der Waals surface area contributed by atoms with Gasteiger partial charge in [-0.25, -0.2) is 0 Å². The topological polar surface area (TPSA) is 17.0 Å². The molecule has 0 amide bonds. The molecular formula is C11H20N2. The van der Waals surface area contributed by atoms with Gasteiger partial charge in [-0.3, -0.25) is 0 Å². The fourth-order valence-electron chi connectivity index (χ4n) is 1.36. The van der Waals surface area contributed by atoms with Gasteiger partial charge in [0.25, 0.3) is 0 Å². The van der Waals surface area contributed by atoms with Gasteiger partial charge in [-0.2, -0.15) is 0 Å². The van der Waals surface area contributed by atoms with Crippen LogP contribution in [0.3, 0.4) is 0 Å². The Labute approximate surface area is 81.0 Å². The van der Waals surface area contributed by atoms with Crippen LogP contribution in [0.4, 0.5) is 0 Å². The minimum Gasteiger partial charge on any atom is -0.354 e. The Morgan fingerprint density at radius 2 is 2.31 bits per heavy atom. The maximum absolute atomic E-state index is 3.24. The summed E-state index contributed by atoms with van der Waals surface area (Å²) in [6.45, 7) is 5.55. The van der Waals surface area contributed by atoms with Crippen molar-refractivity contribution in [2.24, 2.45) is 0 Å². The molecule has 1 aromatic heterocycles. The van der Waals surface area contributed by atoms with Gasteiger partial charge in [0.2, 0.25) is 0 Å². The number of rotatable bonds is 5. The maximum Gasteiger partial charge on any atom is 0.0304 e. The van der Waals surface area contributed by atoms with Gasteiger partial charge in [0.05, 0.1) is 0 Å². The van der Waals surface area contributed by atoms with E-state index in [-0.39, 0.29) is 0 Å². The quantitative estimate of drug-likeness (QED) is 0.737. The molecule has 1 N–H and O–H groups in total. The average molecular weight is 180 g/mol. The molecule has 2 nitrogen and oxygen atoms in total. The van der Waals surface area contributed by atoms with Crippen LogP contribution in [-0.2, 0) is 6.54 Å². The second-order valence-corrected chi connectivity index (χ2v) is 3.55. The molecule has 1 aromatic rings. The summed E-state index contributed by atoms with van der Waals surface area (Å²) >= 11 is 0. The monoisotopic (exact) mass is 180 g/mol. The summed E-state index contributed by atoms with van der Waals surface area (Å²) in [4.78, 5) is 0. The first-order chi connectivity index (χ1) is 6.27. The molecule has 74 valence electrons. The summed E-state index contributed by atoms with van der Waals surface area (Å²) in [7, 11) is 1.99. The summed E-state index contributed by atoms with van der Waals surface area (Å²) in [6, 6.07) is 2.65. The summed E-state index contributed by atoms with van der Waals surface area (Å²) in [5.41, 5.74) is 1.37. The standard InChI is InChI=1S/C11H20N2/c1-4-5-7-13-8-6-11(9-13)10(2)12-3/h6,8-10,12H,4-5,7H2,1-3H3/t10-/m0/s1. The predicted octanol–water partition coefficient (Wildman–Crippen LogP) is 2.57. The molecule has 0 radical (unpaired) electrons. The molecule has 0 aliphatic rings. The smallest absolute Gasteiger partial charge is 0.0304 e. The van der Waals surface area contributed by atoms with Crippen molar-refractivity contribution in [3.8, 4) is 0 Å². The summed E-state index contributed by atoms with van der Waals surface area (Å²) in [5.74, 6) is 0. The number of hydrogen-bond donors (Lipinski definition) is 1. The van der Waals surface area contributed by atoms with Crippen LogP contribution in [0.2, 0.25) is 0 Å². The first-order valence-corrected chi connectivity index (χ1v) is 5.11. The molecule has 1 rings (SSSR count). The Kier molecular flexibility index (Phi) is 4.03. The number of nitrogens with one attached hydrogen (secondary N) is 1. The fraction of sp³-hybridized carbons (Fsp3) is 0.636. The van der Waals surface area contributed by atoms with Crippen molar-refractivity contribution in [2.45, 2.75) is 39.3 Å². The van der Waals surface area contributed by atoms with E-state index in [2.05, 4.69) is 42.2 Å². The van der Waals surface area contributed by atoms with Crippen LogP contribution in [0.1, 0.15) is 38.3 Å². The van der Waals surface area contributed by atoms with Gasteiger partial charge in [0.1, 0.15) is 0 Å². The van der Waals surface area contributed by atoms with Crippen molar-refractivity contribution < 1.29 is 0 Å². The molecule has 0 aromatic carbocycles. The Morgan fingerprint density at radius 1 is 1.54 bits per heavy atom. The van der Waals surface area contributed by atoms with Crippen molar-refractivity contribution in [1.29, 1.82) is 0 Å². The minimum absolute atomic E-state index is 0.461. The van der Waals surface area contributed by atoms with E-state index in [1.54, 1.807) is 0 Å². The lowest BCUT2D eigenvalue weighted by atomic mass is 10.2. The Morgan fingerprint density at radius 3 is 2.92 bits per heavy atom.